The van der Waals surface area contributed by atoms with Crippen molar-refractivity contribution < 1.29 is 9.18 Å². The number of carbonyl (C=O) groups is 1. The van der Waals surface area contributed by atoms with E-state index >= 15 is 0 Å². The van der Waals surface area contributed by atoms with Gasteiger partial charge in [0.15, 0.2) is 4.80 Å². The molecule has 92 valence electrons. The summed E-state index contributed by atoms with van der Waals surface area (Å²) in [5, 5.41) is 1.86. The molecule has 0 saturated heterocycles. The molecule has 0 spiro atoms. The van der Waals surface area contributed by atoms with Gasteiger partial charge in [0.1, 0.15) is 5.82 Å². The van der Waals surface area contributed by atoms with E-state index in [0.717, 1.165) is 5.56 Å². The van der Waals surface area contributed by atoms with Crippen LogP contribution in [0.15, 0.2) is 46.9 Å². The summed E-state index contributed by atoms with van der Waals surface area (Å²) in [6.45, 7) is 0. The van der Waals surface area contributed by atoms with Crippen LogP contribution in [0.4, 0.5) is 4.39 Å². The molecule has 0 radical (unpaired) electrons. The highest BCUT2D eigenvalue weighted by Gasteiger charge is 1.95. The van der Waals surface area contributed by atoms with Crippen molar-refractivity contribution in [3.8, 4) is 0 Å². The monoisotopic (exact) mass is 262 g/mol. The number of amides is 1. The zero-order valence-corrected chi connectivity index (χ0v) is 10.5. The molecule has 5 heteroatoms. The average molecular weight is 262 g/mol. The van der Waals surface area contributed by atoms with Crippen molar-refractivity contribution in [1.82, 2.24) is 4.57 Å². The summed E-state index contributed by atoms with van der Waals surface area (Å²) < 4.78 is 14.4. The van der Waals surface area contributed by atoms with Crippen molar-refractivity contribution in [3.05, 3.63) is 58.1 Å². The standard InChI is InChI=1S/C13H11FN2OS/c1-16-8-9-18-13(16)15-12(17)7-4-10-2-5-11(14)6-3-10/h2-9H,1H3. The summed E-state index contributed by atoms with van der Waals surface area (Å²) in [5.74, 6) is -0.633. The number of rotatable bonds is 2. The van der Waals surface area contributed by atoms with Gasteiger partial charge >= 0.3 is 0 Å². The Bertz CT molecular complexity index is 638. The minimum Gasteiger partial charge on any atom is -0.327 e. The highest BCUT2D eigenvalue weighted by Crippen LogP contribution is 2.04. The van der Waals surface area contributed by atoms with Gasteiger partial charge in [0, 0.05) is 24.7 Å². The SMILES string of the molecule is Cn1ccsc1=NC(=O)C=Cc1ccc(F)cc1. The van der Waals surface area contributed by atoms with Crippen LogP contribution in [0.5, 0.6) is 0 Å². The van der Waals surface area contributed by atoms with Crippen LogP contribution in [0.3, 0.4) is 0 Å². The molecule has 0 aliphatic carbocycles. The first-order valence-electron chi connectivity index (χ1n) is 5.27. The molecule has 0 atom stereocenters. The molecule has 2 aromatic rings. The lowest BCUT2D eigenvalue weighted by Gasteiger charge is -1.91. The molecule has 1 aromatic heterocycles. The van der Waals surface area contributed by atoms with E-state index in [0.29, 0.717) is 4.80 Å². The van der Waals surface area contributed by atoms with Gasteiger partial charge in [-0.2, -0.15) is 4.99 Å². The van der Waals surface area contributed by atoms with Crippen molar-refractivity contribution in [1.29, 1.82) is 0 Å². The number of halogens is 1. The van der Waals surface area contributed by atoms with Gasteiger partial charge in [0.05, 0.1) is 0 Å². The third-order valence-electron chi connectivity index (χ3n) is 2.25. The number of hydrogen-bond donors (Lipinski definition) is 0. The highest BCUT2D eigenvalue weighted by atomic mass is 32.1. The zero-order chi connectivity index (χ0) is 13.0. The van der Waals surface area contributed by atoms with Crippen LogP contribution in [-0.4, -0.2) is 10.5 Å². The number of aromatic nitrogens is 1. The molecule has 18 heavy (non-hydrogen) atoms. The molecule has 1 aromatic carbocycles. The second kappa shape index (κ2) is 5.55. The van der Waals surface area contributed by atoms with Crippen molar-refractivity contribution in [2.45, 2.75) is 0 Å². The molecule has 3 nitrogen and oxygen atoms in total. The Labute approximate surface area is 108 Å². The first-order valence-corrected chi connectivity index (χ1v) is 6.15. The largest absolute Gasteiger partial charge is 0.327 e. The summed E-state index contributed by atoms with van der Waals surface area (Å²) in [7, 11) is 1.83. The van der Waals surface area contributed by atoms with Gasteiger partial charge in [-0.1, -0.05) is 12.1 Å². The van der Waals surface area contributed by atoms with E-state index in [-0.39, 0.29) is 11.7 Å². The first-order chi connectivity index (χ1) is 8.65. The molecular formula is C13H11FN2OS. The third-order valence-corrected chi connectivity index (χ3v) is 3.10. The second-order valence-electron chi connectivity index (χ2n) is 3.63. The Hall–Kier alpha value is -2.01. The van der Waals surface area contributed by atoms with Crippen LogP contribution in [0.2, 0.25) is 0 Å². The van der Waals surface area contributed by atoms with Gasteiger partial charge < -0.3 is 4.57 Å². The number of benzene rings is 1. The zero-order valence-electron chi connectivity index (χ0n) is 9.71. The minimum atomic E-state index is -0.336. The van der Waals surface area contributed by atoms with Crippen molar-refractivity contribution in [2.75, 3.05) is 0 Å². The smallest absolute Gasteiger partial charge is 0.272 e. The van der Waals surface area contributed by atoms with Crippen LogP contribution >= 0.6 is 11.3 Å². The molecule has 2 rings (SSSR count). The van der Waals surface area contributed by atoms with Crippen LogP contribution in [0, 0.1) is 5.82 Å². The summed E-state index contributed by atoms with van der Waals surface area (Å²) in [4.78, 5) is 16.1. The lowest BCUT2D eigenvalue weighted by Crippen LogP contribution is -2.11. The predicted molar refractivity (Wildman–Crippen MR) is 69.3 cm³/mol. The Balaban J connectivity index is 2.13. The fraction of sp³-hybridized carbons (Fsp3) is 0.0769. The summed E-state index contributed by atoms with van der Waals surface area (Å²) in [6, 6.07) is 5.90. The molecule has 0 aliphatic rings. The first kappa shape index (κ1) is 12.4. The molecule has 1 amide bonds. The number of aryl methyl sites for hydroxylation is 1. The van der Waals surface area contributed by atoms with Crippen LogP contribution in [-0.2, 0) is 11.8 Å². The average Bonchev–Trinajstić information content (AvgIpc) is 2.74. The number of carbonyl (C=O) groups excluding carboxylic acids is 1. The minimum absolute atomic E-state index is 0.297. The summed E-state index contributed by atoms with van der Waals surface area (Å²) in [5.41, 5.74) is 0.760. The lowest BCUT2D eigenvalue weighted by atomic mass is 10.2. The molecule has 0 unspecified atom stereocenters. The van der Waals surface area contributed by atoms with E-state index in [1.54, 1.807) is 22.8 Å². The molecule has 0 N–H and O–H groups in total. The van der Waals surface area contributed by atoms with Crippen LogP contribution in [0.1, 0.15) is 5.56 Å². The Kier molecular flexibility index (Phi) is 3.84. The Morgan fingerprint density at radius 1 is 1.39 bits per heavy atom. The second-order valence-corrected chi connectivity index (χ2v) is 4.50. The van der Waals surface area contributed by atoms with Crippen molar-refractivity contribution >= 4 is 23.3 Å². The number of nitrogens with zero attached hydrogens (tertiary/aromatic N) is 2. The number of thiazole rings is 1. The van der Waals surface area contributed by atoms with Crippen LogP contribution < -0.4 is 4.80 Å². The maximum absolute atomic E-state index is 12.7. The Morgan fingerprint density at radius 3 is 2.72 bits per heavy atom. The quantitative estimate of drug-likeness (QED) is 0.765. The van der Waals surface area contributed by atoms with E-state index in [2.05, 4.69) is 4.99 Å². The molecular weight excluding hydrogens is 251 g/mol. The van der Waals surface area contributed by atoms with E-state index in [9.17, 15) is 9.18 Å². The van der Waals surface area contributed by atoms with Gasteiger partial charge in [-0.25, -0.2) is 4.39 Å². The topological polar surface area (TPSA) is 34.4 Å². The maximum Gasteiger partial charge on any atom is 0.272 e. The van der Waals surface area contributed by atoms with Crippen molar-refractivity contribution in [3.63, 3.8) is 0 Å². The molecule has 0 aliphatic heterocycles. The van der Waals surface area contributed by atoms with E-state index in [1.165, 1.54) is 29.5 Å². The maximum atomic E-state index is 12.7. The summed E-state index contributed by atoms with van der Waals surface area (Å²) in [6.07, 6.45) is 4.81. The molecule has 0 bridgehead atoms. The predicted octanol–water partition coefficient (Wildman–Crippen LogP) is 2.37. The fourth-order valence-electron chi connectivity index (χ4n) is 1.31. The van der Waals surface area contributed by atoms with Gasteiger partial charge in [-0.15, -0.1) is 11.3 Å². The van der Waals surface area contributed by atoms with E-state index in [4.69, 9.17) is 0 Å². The summed E-state index contributed by atoms with van der Waals surface area (Å²) >= 11 is 1.39. The number of hydrogen-bond acceptors (Lipinski definition) is 2. The van der Waals surface area contributed by atoms with E-state index < -0.39 is 0 Å². The normalized spacial score (nSPS) is 12.2. The van der Waals surface area contributed by atoms with Crippen LogP contribution in [0.25, 0.3) is 6.08 Å². The van der Waals surface area contributed by atoms with Crippen molar-refractivity contribution in [2.24, 2.45) is 12.0 Å². The fourth-order valence-corrected chi connectivity index (χ4v) is 2.04. The Morgan fingerprint density at radius 2 is 2.11 bits per heavy atom. The van der Waals surface area contributed by atoms with Gasteiger partial charge in [-0.05, 0) is 23.8 Å². The molecule has 0 saturated carbocycles. The van der Waals surface area contributed by atoms with Gasteiger partial charge in [0.2, 0.25) is 0 Å². The highest BCUT2D eigenvalue weighted by molar-refractivity contribution is 7.07. The van der Waals surface area contributed by atoms with Gasteiger partial charge in [0.25, 0.3) is 5.91 Å². The lowest BCUT2D eigenvalue weighted by molar-refractivity contribution is -0.113. The molecule has 1 heterocycles. The van der Waals surface area contributed by atoms with Gasteiger partial charge in [-0.3, -0.25) is 4.79 Å². The van der Waals surface area contributed by atoms with E-state index in [1.807, 2.05) is 18.6 Å². The molecule has 0 fully saturated rings. The third kappa shape index (κ3) is 3.24.